The maximum absolute atomic E-state index is 13.0. The van der Waals surface area contributed by atoms with Crippen LogP contribution in [0.2, 0.25) is 0 Å². The van der Waals surface area contributed by atoms with E-state index in [2.05, 4.69) is 10.6 Å². The SMILES string of the molecule is COC(=O)C1CCC2CC=CCC(NC(=O)Nc3ccccc3)C(=O)N21. The van der Waals surface area contributed by atoms with Crippen LogP contribution in [0.4, 0.5) is 10.5 Å². The molecule has 7 nitrogen and oxygen atoms in total. The number of carbonyl (C=O) groups is 3. The molecule has 138 valence electrons. The first-order chi connectivity index (χ1) is 12.6. The minimum atomic E-state index is -0.719. The van der Waals surface area contributed by atoms with Crippen molar-refractivity contribution in [1.82, 2.24) is 10.2 Å². The van der Waals surface area contributed by atoms with Crippen molar-refractivity contribution in [2.75, 3.05) is 12.4 Å². The number of methoxy groups -OCH3 is 1. The third kappa shape index (κ3) is 3.87. The van der Waals surface area contributed by atoms with E-state index in [1.165, 1.54) is 7.11 Å². The summed E-state index contributed by atoms with van der Waals surface area (Å²) in [4.78, 5) is 39.0. The van der Waals surface area contributed by atoms with Gasteiger partial charge in [-0.25, -0.2) is 9.59 Å². The maximum Gasteiger partial charge on any atom is 0.328 e. The zero-order valence-corrected chi connectivity index (χ0v) is 14.7. The second-order valence-electron chi connectivity index (χ2n) is 6.48. The highest BCUT2D eigenvalue weighted by Gasteiger charge is 2.43. The first-order valence-electron chi connectivity index (χ1n) is 8.77. The summed E-state index contributed by atoms with van der Waals surface area (Å²) in [5.41, 5.74) is 0.644. The van der Waals surface area contributed by atoms with Gasteiger partial charge in [-0.15, -0.1) is 0 Å². The van der Waals surface area contributed by atoms with E-state index in [1.807, 2.05) is 30.4 Å². The Morgan fingerprint density at radius 2 is 1.85 bits per heavy atom. The highest BCUT2D eigenvalue weighted by molar-refractivity contribution is 5.95. The van der Waals surface area contributed by atoms with Crippen molar-refractivity contribution in [3.05, 3.63) is 42.5 Å². The predicted octanol–water partition coefficient (Wildman–Crippen LogP) is 2.06. The third-order valence-electron chi connectivity index (χ3n) is 4.81. The number of nitrogens with one attached hydrogen (secondary N) is 2. The van der Waals surface area contributed by atoms with E-state index < -0.39 is 24.1 Å². The summed E-state index contributed by atoms with van der Waals surface area (Å²) in [6.45, 7) is 0. The Morgan fingerprint density at radius 1 is 1.12 bits per heavy atom. The number of nitrogens with zero attached hydrogens (tertiary/aromatic N) is 1. The fourth-order valence-corrected chi connectivity index (χ4v) is 3.55. The van der Waals surface area contributed by atoms with Gasteiger partial charge in [0.25, 0.3) is 0 Å². The molecule has 1 fully saturated rings. The molecule has 1 saturated heterocycles. The van der Waals surface area contributed by atoms with Crippen LogP contribution in [0.5, 0.6) is 0 Å². The topological polar surface area (TPSA) is 87.7 Å². The molecule has 2 aliphatic rings. The molecular formula is C19H23N3O4. The molecule has 1 aromatic carbocycles. The van der Waals surface area contributed by atoms with Crippen molar-refractivity contribution < 1.29 is 19.1 Å². The number of para-hydroxylation sites is 1. The van der Waals surface area contributed by atoms with Crippen molar-refractivity contribution in [1.29, 1.82) is 0 Å². The van der Waals surface area contributed by atoms with E-state index in [0.29, 0.717) is 24.9 Å². The molecule has 2 N–H and O–H groups in total. The normalized spacial score (nSPS) is 25.0. The third-order valence-corrected chi connectivity index (χ3v) is 4.81. The summed E-state index contributed by atoms with van der Waals surface area (Å²) in [5.74, 6) is -0.645. The number of hydrogen-bond donors (Lipinski definition) is 2. The van der Waals surface area contributed by atoms with Crippen molar-refractivity contribution in [3.8, 4) is 0 Å². The maximum atomic E-state index is 13.0. The van der Waals surface area contributed by atoms with Crippen LogP contribution in [0.15, 0.2) is 42.5 Å². The number of rotatable bonds is 3. The monoisotopic (exact) mass is 357 g/mol. The number of ether oxygens (including phenoxy) is 1. The molecule has 2 aliphatic heterocycles. The summed E-state index contributed by atoms with van der Waals surface area (Å²) in [6, 6.07) is 7.23. The van der Waals surface area contributed by atoms with E-state index in [9.17, 15) is 14.4 Å². The number of urea groups is 1. The molecule has 2 heterocycles. The lowest BCUT2D eigenvalue weighted by molar-refractivity contribution is -0.152. The zero-order valence-electron chi connectivity index (χ0n) is 14.7. The minimum absolute atomic E-state index is 0.0374. The lowest BCUT2D eigenvalue weighted by Gasteiger charge is -2.33. The van der Waals surface area contributed by atoms with Crippen LogP contribution in [-0.4, -0.2) is 48.0 Å². The molecule has 0 aliphatic carbocycles. The Balaban J connectivity index is 1.72. The lowest BCUT2D eigenvalue weighted by atomic mass is 10.0. The van der Waals surface area contributed by atoms with Gasteiger partial charge in [0.2, 0.25) is 5.91 Å². The number of benzene rings is 1. The summed E-state index contributed by atoms with van der Waals surface area (Å²) >= 11 is 0. The van der Waals surface area contributed by atoms with Crippen LogP contribution < -0.4 is 10.6 Å². The van der Waals surface area contributed by atoms with Gasteiger partial charge in [-0.2, -0.15) is 0 Å². The molecule has 0 saturated carbocycles. The van der Waals surface area contributed by atoms with Gasteiger partial charge in [-0.3, -0.25) is 4.79 Å². The molecule has 3 unspecified atom stereocenters. The second kappa shape index (κ2) is 8.03. The summed E-state index contributed by atoms with van der Waals surface area (Å²) in [5, 5.41) is 5.44. The Kier molecular flexibility index (Phi) is 5.55. The number of amides is 3. The average molecular weight is 357 g/mol. The summed E-state index contributed by atoms with van der Waals surface area (Å²) < 4.78 is 4.85. The van der Waals surface area contributed by atoms with Crippen LogP contribution in [0.3, 0.4) is 0 Å². The molecule has 1 aromatic rings. The van der Waals surface area contributed by atoms with Crippen LogP contribution >= 0.6 is 0 Å². The Hall–Kier alpha value is -2.83. The van der Waals surface area contributed by atoms with Crippen LogP contribution in [-0.2, 0) is 14.3 Å². The lowest BCUT2D eigenvalue weighted by Crippen LogP contribution is -2.55. The van der Waals surface area contributed by atoms with Gasteiger partial charge in [0.05, 0.1) is 7.11 Å². The standard InChI is InChI=1S/C19H23N3O4/c1-26-18(24)16-12-11-14-9-5-6-10-15(17(23)22(14)16)21-19(25)20-13-7-3-2-4-8-13/h2-8,14-16H,9-12H2,1H3,(H2,20,21,25). The van der Waals surface area contributed by atoms with Crippen molar-refractivity contribution in [2.45, 2.75) is 43.8 Å². The van der Waals surface area contributed by atoms with E-state index in [1.54, 1.807) is 17.0 Å². The summed E-state index contributed by atoms with van der Waals surface area (Å²) in [7, 11) is 1.33. The first kappa shape index (κ1) is 18.0. The highest BCUT2D eigenvalue weighted by atomic mass is 16.5. The average Bonchev–Trinajstić information content (AvgIpc) is 3.06. The molecule has 7 heteroatoms. The van der Waals surface area contributed by atoms with Gasteiger partial charge in [0, 0.05) is 11.7 Å². The largest absolute Gasteiger partial charge is 0.467 e. The number of hydrogen-bond acceptors (Lipinski definition) is 4. The van der Waals surface area contributed by atoms with Crippen LogP contribution in [0.25, 0.3) is 0 Å². The van der Waals surface area contributed by atoms with Crippen molar-refractivity contribution in [3.63, 3.8) is 0 Å². The quantitative estimate of drug-likeness (QED) is 0.640. The van der Waals surface area contributed by atoms with Gasteiger partial charge in [-0.1, -0.05) is 30.4 Å². The van der Waals surface area contributed by atoms with E-state index >= 15 is 0 Å². The van der Waals surface area contributed by atoms with Crippen molar-refractivity contribution in [2.24, 2.45) is 0 Å². The Bertz CT molecular complexity index is 704. The van der Waals surface area contributed by atoms with Gasteiger partial charge in [-0.05, 0) is 37.8 Å². The van der Waals surface area contributed by atoms with Gasteiger partial charge in [0.1, 0.15) is 12.1 Å². The Labute approximate surface area is 152 Å². The van der Waals surface area contributed by atoms with Gasteiger partial charge >= 0.3 is 12.0 Å². The predicted molar refractivity (Wildman–Crippen MR) is 96.4 cm³/mol. The number of carbonyl (C=O) groups excluding carboxylic acids is 3. The molecule has 0 spiro atoms. The minimum Gasteiger partial charge on any atom is -0.467 e. The molecular weight excluding hydrogens is 334 g/mol. The molecule has 0 radical (unpaired) electrons. The molecule has 3 atom stereocenters. The number of esters is 1. The Morgan fingerprint density at radius 3 is 2.58 bits per heavy atom. The molecule has 26 heavy (non-hydrogen) atoms. The van der Waals surface area contributed by atoms with Crippen molar-refractivity contribution >= 4 is 23.6 Å². The number of fused-ring (bicyclic) bond motifs is 1. The van der Waals surface area contributed by atoms with E-state index in [0.717, 1.165) is 6.42 Å². The number of anilines is 1. The fraction of sp³-hybridized carbons (Fsp3) is 0.421. The molecule has 0 bridgehead atoms. The van der Waals surface area contributed by atoms with Crippen LogP contribution in [0.1, 0.15) is 25.7 Å². The van der Waals surface area contributed by atoms with Gasteiger partial charge in [0.15, 0.2) is 0 Å². The smallest absolute Gasteiger partial charge is 0.328 e. The first-order valence-corrected chi connectivity index (χ1v) is 8.77. The van der Waals surface area contributed by atoms with Gasteiger partial charge < -0.3 is 20.3 Å². The molecule has 3 rings (SSSR count). The van der Waals surface area contributed by atoms with Crippen LogP contribution in [0, 0.1) is 0 Å². The van der Waals surface area contributed by atoms with E-state index in [4.69, 9.17) is 4.74 Å². The zero-order chi connectivity index (χ0) is 18.5. The van der Waals surface area contributed by atoms with E-state index in [-0.39, 0.29) is 11.9 Å². The summed E-state index contributed by atoms with van der Waals surface area (Å²) in [6.07, 6.45) is 6.35. The second-order valence-corrected chi connectivity index (χ2v) is 6.48. The fourth-order valence-electron chi connectivity index (χ4n) is 3.55. The highest BCUT2D eigenvalue weighted by Crippen LogP contribution is 2.30. The molecule has 0 aromatic heterocycles. The molecule has 3 amide bonds.